The predicted octanol–water partition coefficient (Wildman–Crippen LogP) is 3.04. The third-order valence-corrected chi connectivity index (χ3v) is 4.00. The molecule has 0 saturated carbocycles. The number of rotatable bonds is 9. The van der Waals surface area contributed by atoms with Gasteiger partial charge in [0.25, 0.3) is 0 Å². The number of aliphatic carboxylic acids is 1. The second-order valence-electron chi connectivity index (χ2n) is 5.89. The van der Waals surface area contributed by atoms with E-state index in [0.717, 1.165) is 12.0 Å². The summed E-state index contributed by atoms with van der Waals surface area (Å²) in [5, 5.41) is 12.4. The molecule has 0 aromatic heterocycles. The van der Waals surface area contributed by atoms with Crippen LogP contribution < -0.4 is 5.32 Å². The zero-order valence-corrected chi connectivity index (χ0v) is 14.3. The summed E-state index contributed by atoms with van der Waals surface area (Å²) in [7, 11) is 1.36. The number of carboxylic acids is 1. The number of hydrogen-bond acceptors (Lipinski definition) is 4. The molecule has 0 heterocycles. The van der Waals surface area contributed by atoms with Crippen LogP contribution in [0.3, 0.4) is 0 Å². The van der Waals surface area contributed by atoms with Gasteiger partial charge in [0.2, 0.25) is 0 Å². The van der Waals surface area contributed by atoms with E-state index in [1.54, 1.807) is 12.1 Å². The SMILES string of the molecule is COC(=O)c1ccc(CNC(CCC(=O)O)Cc2ccccc2)cc1. The summed E-state index contributed by atoms with van der Waals surface area (Å²) in [6.07, 6.45) is 1.46. The lowest BCUT2D eigenvalue weighted by molar-refractivity contribution is -0.137. The molecule has 2 rings (SSSR count). The molecular weight excluding hydrogens is 318 g/mol. The molecule has 0 bridgehead atoms. The average molecular weight is 341 g/mol. The van der Waals surface area contributed by atoms with Crippen molar-refractivity contribution in [2.75, 3.05) is 7.11 Å². The van der Waals surface area contributed by atoms with Gasteiger partial charge in [0, 0.05) is 19.0 Å². The maximum absolute atomic E-state index is 11.4. The van der Waals surface area contributed by atoms with Gasteiger partial charge in [-0.25, -0.2) is 4.79 Å². The van der Waals surface area contributed by atoms with Crippen LogP contribution in [0.4, 0.5) is 0 Å². The molecule has 0 amide bonds. The van der Waals surface area contributed by atoms with Crippen LogP contribution in [0.5, 0.6) is 0 Å². The highest BCUT2D eigenvalue weighted by atomic mass is 16.5. The lowest BCUT2D eigenvalue weighted by atomic mass is 10.0. The second-order valence-corrected chi connectivity index (χ2v) is 5.89. The minimum absolute atomic E-state index is 0.0683. The Morgan fingerprint density at radius 1 is 1.04 bits per heavy atom. The molecule has 0 spiro atoms. The van der Waals surface area contributed by atoms with Crippen molar-refractivity contribution in [1.82, 2.24) is 5.32 Å². The number of esters is 1. The van der Waals surface area contributed by atoms with E-state index in [1.165, 1.54) is 12.7 Å². The minimum Gasteiger partial charge on any atom is -0.481 e. The Hall–Kier alpha value is -2.66. The molecule has 0 radical (unpaired) electrons. The Morgan fingerprint density at radius 3 is 2.32 bits per heavy atom. The summed E-state index contributed by atoms with van der Waals surface area (Å²) in [5.41, 5.74) is 2.71. The summed E-state index contributed by atoms with van der Waals surface area (Å²) < 4.78 is 4.68. The molecule has 25 heavy (non-hydrogen) atoms. The molecule has 5 heteroatoms. The van der Waals surface area contributed by atoms with Crippen LogP contribution in [0, 0.1) is 0 Å². The molecule has 0 aliphatic rings. The molecule has 0 aliphatic heterocycles. The summed E-state index contributed by atoms with van der Waals surface area (Å²) in [5.74, 6) is -1.15. The molecular formula is C20H23NO4. The fourth-order valence-corrected chi connectivity index (χ4v) is 2.61. The summed E-state index contributed by atoms with van der Waals surface area (Å²) in [6, 6.07) is 17.3. The monoisotopic (exact) mass is 341 g/mol. The zero-order chi connectivity index (χ0) is 18.1. The number of nitrogens with one attached hydrogen (secondary N) is 1. The van der Waals surface area contributed by atoms with E-state index < -0.39 is 5.97 Å². The maximum atomic E-state index is 11.4. The Labute approximate surface area is 147 Å². The largest absolute Gasteiger partial charge is 0.481 e. The number of ether oxygens (including phenoxy) is 1. The van der Waals surface area contributed by atoms with Gasteiger partial charge in [-0.2, -0.15) is 0 Å². The van der Waals surface area contributed by atoms with E-state index in [2.05, 4.69) is 10.1 Å². The van der Waals surface area contributed by atoms with Crippen molar-refractivity contribution in [3.05, 3.63) is 71.3 Å². The van der Waals surface area contributed by atoms with E-state index in [-0.39, 0.29) is 18.4 Å². The van der Waals surface area contributed by atoms with Gasteiger partial charge in [0.1, 0.15) is 0 Å². The van der Waals surface area contributed by atoms with Gasteiger partial charge in [-0.15, -0.1) is 0 Å². The fraction of sp³-hybridized carbons (Fsp3) is 0.300. The van der Waals surface area contributed by atoms with Crippen molar-refractivity contribution in [1.29, 1.82) is 0 Å². The number of hydrogen-bond donors (Lipinski definition) is 2. The molecule has 0 fully saturated rings. The Morgan fingerprint density at radius 2 is 1.72 bits per heavy atom. The zero-order valence-electron chi connectivity index (χ0n) is 14.3. The van der Waals surface area contributed by atoms with E-state index in [0.29, 0.717) is 18.5 Å². The summed E-state index contributed by atoms with van der Waals surface area (Å²) in [6.45, 7) is 0.610. The molecule has 1 unspecified atom stereocenters. The minimum atomic E-state index is -0.790. The lowest BCUT2D eigenvalue weighted by Gasteiger charge is -2.18. The summed E-state index contributed by atoms with van der Waals surface area (Å²) >= 11 is 0. The van der Waals surface area contributed by atoms with Crippen molar-refractivity contribution in [2.24, 2.45) is 0 Å². The van der Waals surface area contributed by atoms with Crippen LogP contribution in [0.2, 0.25) is 0 Å². The van der Waals surface area contributed by atoms with Crippen LogP contribution in [-0.4, -0.2) is 30.2 Å². The molecule has 0 aliphatic carbocycles. The first-order chi connectivity index (χ1) is 12.1. The number of benzene rings is 2. The molecule has 2 aromatic carbocycles. The first-order valence-electron chi connectivity index (χ1n) is 8.25. The van der Waals surface area contributed by atoms with Crippen molar-refractivity contribution in [3.8, 4) is 0 Å². The Balaban J connectivity index is 1.96. The van der Waals surface area contributed by atoms with Gasteiger partial charge < -0.3 is 15.2 Å². The highest BCUT2D eigenvalue weighted by Gasteiger charge is 2.12. The van der Waals surface area contributed by atoms with E-state index in [1.807, 2.05) is 42.5 Å². The summed E-state index contributed by atoms with van der Waals surface area (Å²) in [4.78, 5) is 22.3. The van der Waals surface area contributed by atoms with Crippen LogP contribution >= 0.6 is 0 Å². The van der Waals surface area contributed by atoms with Crippen molar-refractivity contribution >= 4 is 11.9 Å². The highest BCUT2D eigenvalue weighted by molar-refractivity contribution is 5.89. The molecule has 2 aromatic rings. The van der Waals surface area contributed by atoms with Gasteiger partial charge in [-0.1, -0.05) is 42.5 Å². The third kappa shape index (κ3) is 6.39. The quantitative estimate of drug-likeness (QED) is 0.686. The third-order valence-electron chi connectivity index (χ3n) is 4.00. The Bertz CT molecular complexity index is 683. The number of carbonyl (C=O) groups excluding carboxylic acids is 1. The topological polar surface area (TPSA) is 75.6 Å². The first-order valence-corrected chi connectivity index (χ1v) is 8.25. The van der Waals surface area contributed by atoms with Gasteiger partial charge in [-0.05, 0) is 36.1 Å². The van der Waals surface area contributed by atoms with Gasteiger partial charge >= 0.3 is 11.9 Å². The van der Waals surface area contributed by atoms with Crippen molar-refractivity contribution < 1.29 is 19.4 Å². The smallest absolute Gasteiger partial charge is 0.337 e. The highest BCUT2D eigenvalue weighted by Crippen LogP contribution is 2.10. The van der Waals surface area contributed by atoms with E-state index in [4.69, 9.17) is 5.11 Å². The standard InChI is InChI=1S/C20H23NO4/c1-25-20(24)17-9-7-16(8-10-17)14-21-18(11-12-19(22)23)13-15-5-3-2-4-6-15/h2-10,18,21H,11-14H2,1H3,(H,22,23). The molecule has 132 valence electrons. The fourth-order valence-electron chi connectivity index (χ4n) is 2.61. The molecule has 5 nitrogen and oxygen atoms in total. The number of carbonyl (C=O) groups is 2. The average Bonchev–Trinajstić information content (AvgIpc) is 2.64. The number of carboxylic acid groups (broad SMARTS) is 1. The van der Waals surface area contributed by atoms with E-state index >= 15 is 0 Å². The molecule has 1 atom stereocenters. The molecule has 0 saturated heterocycles. The second kappa shape index (κ2) is 9.59. The van der Waals surface area contributed by atoms with Gasteiger partial charge in [-0.3, -0.25) is 4.79 Å². The lowest BCUT2D eigenvalue weighted by Crippen LogP contribution is -2.31. The Kier molecular flexibility index (Phi) is 7.16. The first kappa shape index (κ1) is 18.7. The van der Waals surface area contributed by atoms with Crippen LogP contribution in [0.25, 0.3) is 0 Å². The predicted molar refractivity (Wildman–Crippen MR) is 95.4 cm³/mol. The molecule has 2 N–H and O–H groups in total. The van der Waals surface area contributed by atoms with Crippen LogP contribution in [0.15, 0.2) is 54.6 Å². The van der Waals surface area contributed by atoms with E-state index in [9.17, 15) is 9.59 Å². The van der Waals surface area contributed by atoms with Gasteiger partial charge in [0.05, 0.1) is 12.7 Å². The van der Waals surface area contributed by atoms with Crippen LogP contribution in [0.1, 0.15) is 34.3 Å². The van der Waals surface area contributed by atoms with Crippen molar-refractivity contribution in [3.63, 3.8) is 0 Å². The van der Waals surface area contributed by atoms with Gasteiger partial charge in [0.15, 0.2) is 0 Å². The van der Waals surface area contributed by atoms with Crippen molar-refractivity contribution in [2.45, 2.75) is 31.8 Å². The van der Waals surface area contributed by atoms with Crippen LogP contribution in [-0.2, 0) is 22.5 Å². The maximum Gasteiger partial charge on any atom is 0.337 e. The normalized spacial score (nSPS) is 11.7. The number of methoxy groups -OCH3 is 1.